The van der Waals surface area contributed by atoms with Crippen molar-refractivity contribution in [2.75, 3.05) is 6.61 Å². The summed E-state index contributed by atoms with van der Waals surface area (Å²) in [5.74, 6) is 0.855. The molecule has 0 aliphatic heterocycles. The van der Waals surface area contributed by atoms with Gasteiger partial charge in [0.05, 0.1) is 17.7 Å². The van der Waals surface area contributed by atoms with Crippen molar-refractivity contribution in [2.24, 2.45) is 27.9 Å². The van der Waals surface area contributed by atoms with Crippen LogP contribution in [0.25, 0.3) is 0 Å². The van der Waals surface area contributed by atoms with Gasteiger partial charge < -0.3 is 10.5 Å². The molecule has 3 unspecified atom stereocenters. The second-order valence-corrected chi connectivity index (χ2v) is 8.58. The Morgan fingerprint density at radius 2 is 1.95 bits per heavy atom. The van der Waals surface area contributed by atoms with E-state index < -0.39 is 0 Å². The maximum atomic E-state index is 6.39. The van der Waals surface area contributed by atoms with Crippen LogP contribution in [-0.4, -0.2) is 17.7 Å². The summed E-state index contributed by atoms with van der Waals surface area (Å²) in [7, 11) is 0. The van der Waals surface area contributed by atoms with Crippen molar-refractivity contribution < 1.29 is 4.74 Å². The molecule has 3 aliphatic rings. The van der Waals surface area contributed by atoms with E-state index in [-0.39, 0.29) is 0 Å². The molecule has 3 heteroatoms. The van der Waals surface area contributed by atoms with Crippen molar-refractivity contribution in [3.8, 4) is 0 Å². The summed E-state index contributed by atoms with van der Waals surface area (Å²) in [4.78, 5) is 0.653. The van der Waals surface area contributed by atoms with Gasteiger partial charge in [-0.25, -0.2) is 0 Å². The molecule has 19 heavy (non-hydrogen) atoms. The lowest BCUT2D eigenvalue weighted by Gasteiger charge is -2.39. The van der Waals surface area contributed by atoms with E-state index >= 15 is 0 Å². The Bertz CT molecular complexity index is 402. The molecule has 2 N–H and O–H groups in total. The second kappa shape index (κ2) is 4.17. The van der Waals surface area contributed by atoms with Crippen LogP contribution in [-0.2, 0) is 4.74 Å². The van der Waals surface area contributed by atoms with Gasteiger partial charge in [0.15, 0.2) is 0 Å². The molecule has 0 aromatic rings. The van der Waals surface area contributed by atoms with Gasteiger partial charge in [-0.2, -0.15) is 0 Å². The van der Waals surface area contributed by atoms with E-state index in [0.29, 0.717) is 27.3 Å². The van der Waals surface area contributed by atoms with Crippen LogP contribution in [0.4, 0.5) is 0 Å². The molecule has 0 amide bonds. The summed E-state index contributed by atoms with van der Waals surface area (Å²) in [6, 6.07) is 0. The van der Waals surface area contributed by atoms with E-state index in [1.807, 2.05) is 0 Å². The molecule has 0 spiro atoms. The van der Waals surface area contributed by atoms with Crippen LogP contribution in [0.15, 0.2) is 0 Å². The van der Waals surface area contributed by atoms with Crippen molar-refractivity contribution in [1.82, 2.24) is 0 Å². The van der Waals surface area contributed by atoms with E-state index in [1.165, 1.54) is 32.1 Å². The SMILES string of the molecule is CC1(C)C2CCC1(C)C(OCC1(CC(N)=S)CC1)C2. The summed E-state index contributed by atoms with van der Waals surface area (Å²) in [5, 5.41) is 0. The van der Waals surface area contributed by atoms with Crippen molar-refractivity contribution >= 4 is 17.2 Å². The van der Waals surface area contributed by atoms with Gasteiger partial charge in [0, 0.05) is 11.8 Å². The van der Waals surface area contributed by atoms with Crippen molar-refractivity contribution in [3.05, 3.63) is 0 Å². The number of hydrogen-bond acceptors (Lipinski definition) is 2. The van der Waals surface area contributed by atoms with Crippen LogP contribution < -0.4 is 5.73 Å². The van der Waals surface area contributed by atoms with Gasteiger partial charge in [0.2, 0.25) is 0 Å². The van der Waals surface area contributed by atoms with Crippen LogP contribution in [0.3, 0.4) is 0 Å². The van der Waals surface area contributed by atoms with Crippen LogP contribution in [0, 0.1) is 22.2 Å². The topological polar surface area (TPSA) is 35.2 Å². The predicted octanol–water partition coefficient (Wildman–Crippen LogP) is 3.67. The predicted molar refractivity (Wildman–Crippen MR) is 82.0 cm³/mol. The number of hydrogen-bond donors (Lipinski definition) is 1. The molecule has 0 radical (unpaired) electrons. The average Bonchev–Trinajstić information content (AvgIpc) is 2.98. The van der Waals surface area contributed by atoms with Gasteiger partial charge >= 0.3 is 0 Å². The zero-order valence-electron chi connectivity index (χ0n) is 12.5. The summed E-state index contributed by atoms with van der Waals surface area (Å²) < 4.78 is 6.39. The molecule has 3 rings (SSSR count). The van der Waals surface area contributed by atoms with Gasteiger partial charge in [-0.3, -0.25) is 0 Å². The molecule has 3 atom stereocenters. The molecule has 0 aromatic carbocycles. The molecule has 3 aliphatic carbocycles. The average molecular weight is 281 g/mol. The van der Waals surface area contributed by atoms with Crippen LogP contribution in [0.1, 0.15) is 59.3 Å². The molecular weight excluding hydrogens is 254 g/mol. The third kappa shape index (κ3) is 2.04. The quantitative estimate of drug-likeness (QED) is 0.781. The minimum atomic E-state index is 0.300. The minimum absolute atomic E-state index is 0.300. The maximum Gasteiger partial charge on any atom is 0.0733 e. The first kappa shape index (κ1) is 13.8. The molecule has 2 nitrogen and oxygen atoms in total. The number of fused-ring (bicyclic) bond motifs is 2. The van der Waals surface area contributed by atoms with E-state index in [9.17, 15) is 0 Å². The van der Waals surface area contributed by atoms with E-state index in [2.05, 4.69) is 20.8 Å². The highest BCUT2D eigenvalue weighted by Crippen LogP contribution is 2.66. The lowest BCUT2D eigenvalue weighted by molar-refractivity contribution is -0.0616. The molecule has 0 saturated heterocycles. The van der Waals surface area contributed by atoms with E-state index in [0.717, 1.165) is 18.9 Å². The highest BCUT2D eigenvalue weighted by atomic mass is 32.1. The summed E-state index contributed by atoms with van der Waals surface area (Å²) >= 11 is 5.07. The highest BCUT2D eigenvalue weighted by Gasteiger charge is 2.62. The summed E-state index contributed by atoms with van der Waals surface area (Å²) in [6.45, 7) is 8.19. The molecule has 108 valence electrons. The number of ether oxygens (including phenoxy) is 1. The summed E-state index contributed by atoms with van der Waals surface area (Å²) in [5.41, 5.74) is 6.82. The van der Waals surface area contributed by atoms with Gasteiger partial charge in [-0.1, -0.05) is 33.0 Å². The van der Waals surface area contributed by atoms with Crippen LogP contribution in [0.2, 0.25) is 0 Å². The van der Waals surface area contributed by atoms with Crippen molar-refractivity contribution in [3.63, 3.8) is 0 Å². The van der Waals surface area contributed by atoms with Crippen LogP contribution >= 0.6 is 12.2 Å². The number of thiocarbonyl (C=S) groups is 1. The van der Waals surface area contributed by atoms with Crippen molar-refractivity contribution in [2.45, 2.75) is 65.4 Å². The zero-order valence-corrected chi connectivity index (χ0v) is 13.3. The lowest BCUT2D eigenvalue weighted by atomic mass is 9.70. The van der Waals surface area contributed by atoms with Crippen molar-refractivity contribution in [1.29, 1.82) is 0 Å². The Balaban J connectivity index is 1.62. The molecule has 0 aromatic heterocycles. The zero-order chi connectivity index (χ0) is 13.9. The highest BCUT2D eigenvalue weighted by molar-refractivity contribution is 7.80. The summed E-state index contributed by atoms with van der Waals surface area (Å²) in [6.07, 6.45) is 7.77. The van der Waals surface area contributed by atoms with E-state index in [4.69, 9.17) is 22.7 Å². The maximum absolute atomic E-state index is 6.39. The van der Waals surface area contributed by atoms with Gasteiger partial charge in [-0.15, -0.1) is 0 Å². The lowest BCUT2D eigenvalue weighted by Crippen LogP contribution is -2.38. The van der Waals surface area contributed by atoms with Crippen LogP contribution in [0.5, 0.6) is 0 Å². The Hall–Kier alpha value is -0.150. The fraction of sp³-hybridized carbons (Fsp3) is 0.938. The molecular formula is C16H27NOS. The molecule has 3 fully saturated rings. The largest absolute Gasteiger partial charge is 0.393 e. The third-order valence-electron chi connectivity index (χ3n) is 6.81. The van der Waals surface area contributed by atoms with E-state index in [1.54, 1.807) is 0 Å². The fourth-order valence-electron chi connectivity index (χ4n) is 4.58. The second-order valence-electron chi connectivity index (χ2n) is 8.05. The normalized spacial score (nSPS) is 41.4. The van der Waals surface area contributed by atoms with Gasteiger partial charge in [0.1, 0.15) is 0 Å². The molecule has 2 bridgehead atoms. The molecule has 3 saturated carbocycles. The first-order chi connectivity index (χ1) is 8.79. The Kier molecular flexibility index (Phi) is 3.03. The Labute approximate surface area is 122 Å². The molecule has 0 heterocycles. The Morgan fingerprint density at radius 1 is 1.26 bits per heavy atom. The first-order valence-electron chi connectivity index (χ1n) is 7.69. The fourth-order valence-corrected chi connectivity index (χ4v) is 4.88. The smallest absolute Gasteiger partial charge is 0.0733 e. The monoisotopic (exact) mass is 281 g/mol. The number of nitrogens with two attached hydrogens (primary N) is 1. The number of rotatable bonds is 5. The van der Waals surface area contributed by atoms with Gasteiger partial charge in [-0.05, 0) is 48.9 Å². The first-order valence-corrected chi connectivity index (χ1v) is 8.10. The van der Waals surface area contributed by atoms with Gasteiger partial charge in [0.25, 0.3) is 0 Å². The minimum Gasteiger partial charge on any atom is -0.393 e. The Morgan fingerprint density at radius 3 is 2.37 bits per heavy atom. The standard InChI is InChI=1S/C16H27NOS/c1-14(2)11-4-5-15(14,3)12(8-11)18-10-16(6-7-16)9-13(17)19/h11-12H,4-10H2,1-3H3,(H2,17,19). The third-order valence-corrected chi connectivity index (χ3v) is 6.96.